The second-order valence-electron chi connectivity index (χ2n) is 6.51. The summed E-state index contributed by atoms with van der Waals surface area (Å²) >= 11 is 0. The summed E-state index contributed by atoms with van der Waals surface area (Å²) in [5.74, 6) is 1.20. The number of H-pyrrole nitrogens is 1. The van der Waals surface area contributed by atoms with E-state index in [-0.39, 0.29) is 12.7 Å². The van der Waals surface area contributed by atoms with Gasteiger partial charge in [0.2, 0.25) is 6.79 Å². The van der Waals surface area contributed by atoms with Crippen LogP contribution < -0.4 is 14.8 Å². The maximum Gasteiger partial charge on any atom is 0.269 e. The van der Waals surface area contributed by atoms with Gasteiger partial charge < -0.3 is 14.8 Å². The molecule has 0 bridgehead atoms. The highest BCUT2D eigenvalue weighted by Gasteiger charge is 2.16. The number of nitrogens with zero attached hydrogens (tertiary/aromatic N) is 3. The maximum atomic E-state index is 12.4. The molecule has 4 rings (SSSR count). The lowest BCUT2D eigenvalue weighted by atomic mass is 10.1. The van der Waals surface area contributed by atoms with Crippen molar-refractivity contribution >= 4 is 5.91 Å². The second-order valence-corrected chi connectivity index (χ2v) is 6.51. The summed E-state index contributed by atoms with van der Waals surface area (Å²) in [6.45, 7) is 7.40. The van der Waals surface area contributed by atoms with Crippen LogP contribution in [0.5, 0.6) is 11.5 Å². The van der Waals surface area contributed by atoms with Crippen molar-refractivity contribution < 1.29 is 14.3 Å². The molecule has 3 aromatic rings. The minimum atomic E-state index is -0.201. The van der Waals surface area contributed by atoms with Gasteiger partial charge in [-0.15, -0.1) is 0 Å². The third-order valence-electron chi connectivity index (χ3n) is 4.84. The van der Waals surface area contributed by atoms with Gasteiger partial charge in [-0.1, -0.05) is 0 Å². The lowest BCUT2D eigenvalue weighted by molar-refractivity contribution is 0.0947. The summed E-state index contributed by atoms with van der Waals surface area (Å²) in [6.07, 6.45) is 0. The van der Waals surface area contributed by atoms with Crippen LogP contribution in [0.2, 0.25) is 0 Å². The minimum absolute atomic E-state index is 0.201. The molecule has 1 aromatic carbocycles. The second kappa shape index (κ2) is 6.79. The van der Waals surface area contributed by atoms with E-state index in [1.54, 1.807) is 6.07 Å². The van der Waals surface area contributed by atoms with Crippen LogP contribution in [-0.2, 0) is 6.54 Å². The average molecular weight is 367 g/mol. The van der Waals surface area contributed by atoms with Crippen molar-refractivity contribution in [3.8, 4) is 22.8 Å². The molecule has 140 valence electrons. The van der Waals surface area contributed by atoms with Crippen LogP contribution in [0.4, 0.5) is 0 Å². The van der Waals surface area contributed by atoms with Crippen LogP contribution in [0.3, 0.4) is 0 Å². The molecular formula is C19H21N5O3. The first kappa shape index (κ1) is 17.1. The molecule has 0 fully saturated rings. The van der Waals surface area contributed by atoms with E-state index in [2.05, 4.69) is 27.5 Å². The highest BCUT2D eigenvalue weighted by atomic mass is 16.7. The molecule has 0 unspecified atom stereocenters. The van der Waals surface area contributed by atoms with Crippen LogP contribution in [0.25, 0.3) is 11.3 Å². The molecule has 0 spiro atoms. The Morgan fingerprint density at radius 3 is 2.81 bits per heavy atom. The van der Waals surface area contributed by atoms with Crippen molar-refractivity contribution in [3.63, 3.8) is 0 Å². The largest absolute Gasteiger partial charge is 0.454 e. The molecule has 2 N–H and O–H groups in total. The van der Waals surface area contributed by atoms with Crippen LogP contribution in [0.1, 0.15) is 27.4 Å². The molecular weight excluding hydrogens is 346 g/mol. The number of rotatable bonds is 5. The normalized spacial score (nSPS) is 12.4. The highest BCUT2D eigenvalue weighted by molar-refractivity contribution is 5.93. The predicted molar refractivity (Wildman–Crippen MR) is 98.9 cm³/mol. The molecule has 2 aromatic heterocycles. The molecule has 27 heavy (non-hydrogen) atoms. The average Bonchev–Trinajstić information content (AvgIpc) is 3.38. The fraction of sp³-hybridized carbons (Fsp3) is 0.316. The van der Waals surface area contributed by atoms with Gasteiger partial charge in [-0.3, -0.25) is 14.6 Å². The van der Waals surface area contributed by atoms with Crippen LogP contribution in [0.15, 0.2) is 24.3 Å². The lowest BCUT2D eigenvalue weighted by Crippen LogP contribution is -2.28. The molecule has 3 heterocycles. The van der Waals surface area contributed by atoms with Crippen molar-refractivity contribution in [2.45, 2.75) is 27.3 Å². The van der Waals surface area contributed by atoms with Crippen molar-refractivity contribution in [3.05, 3.63) is 46.9 Å². The van der Waals surface area contributed by atoms with Gasteiger partial charge >= 0.3 is 0 Å². The molecule has 0 atom stereocenters. The maximum absolute atomic E-state index is 12.4. The third-order valence-corrected chi connectivity index (χ3v) is 4.84. The zero-order valence-electron chi connectivity index (χ0n) is 15.5. The van der Waals surface area contributed by atoms with Crippen LogP contribution >= 0.6 is 0 Å². The summed E-state index contributed by atoms with van der Waals surface area (Å²) in [5.41, 5.74) is 5.25. The van der Waals surface area contributed by atoms with Gasteiger partial charge in [0.05, 0.1) is 17.9 Å². The molecule has 0 saturated carbocycles. The molecule has 8 nitrogen and oxygen atoms in total. The van der Waals surface area contributed by atoms with Crippen molar-refractivity contribution in [2.24, 2.45) is 0 Å². The quantitative estimate of drug-likeness (QED) is 0.722. The summed E-state index contributed by atoms with van der Waals surface area (Å²) in [6, 6.07) is 7.30. The lowest BCUT2D eigenvalue weighted by Gasteiger charge is -2.06. The van der Waals surface area contributed by atoms with Crippen LogP contribution in [0, 0.1) is 20.8 Å². The Morgan fingerprint density at radius 2 is 2.04 bits per heavy atom. The monoisotopic (exact) mass is 367 g/mol. The zero-order valence-corrected chi connectivity index (χ0v) is 15.5. The number of aromatic nitrogens is 4. The molecule has 1 amide bonds. The number of hydrogen-bond acceptors (Lipinski definition) is 5. The smallest absolute Gasteiger partial charge is 0.269 e. The van der Waals surface area contributed by atoms with E-state index in [4.69, 9.17) is 9.47 Å². The minimum Gasteiger partial charge on any atom is -0.454 e. The number of fused-ring (bicyclic) bond motifs is 1. The van der Waals surface area contributed by atoms with Crippen molar-refractivity contribution in [1.29, 1.82) is 0 Å². The Labute approximate surface area is 156 Å². The summed E-state index contributed by atoms with van der Waals surface area (Å²) in [7, 11) is 0. The molecule has 1 aliphatic heterocycles. The number of nitrogens with one attached hydrogen (secondary N) is 2. The summed E-state index contributed by atoms with van der Waals surface area (Å²) < 4.78 is 12.6. The SMILES string of the molecule is Cc1nn(CCNC(=O)c2cc(-c3ccc4c(c3)OCO4)n[nH]2)c(C)c1C. The number of amides is 1. The third kappa shape index (κ3) is 3.25. The highest BCUT2D eigenvalue weighted by Crippen LogP contribution is 2.35. The van der Waals surface area contributed by atoms with Gasteiger partial charge in [0.15, 0.2) is 11.5 Å². The first-order valence-electron chi connectivity index (χ1n) is 8.77. The van der Waals surface area contributed by atoms with Gasteiger partial charge in [-0.05, 0) is 50.6 Å². The van der Waals surface area contributed by atoms with E-state index >= 15 is 0 Å². The molecule has 0 saturated heterocycles. The van der Waals surface area contributed by atoms with Crippen molar-refractivity contribution in [1.82, 2.24) is 25.3 Å². The number of aromatic amines is 1. The predicted octanol–water partition coefficient (Wildman–Crippen LogP) is 2.36. The van der Waals surface area contributed by atoms with Gasteiger partial charge in [0.25, 0.3) is 5.91 Å². The van der Waals surface area contributed by atoms with Gasteiger partial charge in [0, 0.05) is 17.8 Å². The number of carbonyl (C=O) groups is 1. The van der Waals surface area contributed by atoms with Gasteiger partial charge in [0.1, 0.15) is 5.69 Å². The summed E-state index contributed by atoms with van der Waals surface area (Å²) in [4.78, 5) is 12.4. The molecule has 0 aliphatic carbocycles. The summed E-state index contributed by atoms with van der Waals surface area (Å²) in [5, 5.41) is 14.4. The Bertz CT molecular complexity index is 1000. The topological polar surface area (TPSA) is 94.1 Å². The Morgan fingerprint density at radius 1 is 1.22 bits per heavy atom. The number of benzene rings is 1. The first-order chi connectivity index (χ1) is 13.0. The standard InChI is InChI=1S/C19H21N5O3/c1-11-12(2)23-24(13(11)3)7-6-20-19(25)16-9-15(21-22-16)14-4-5-17-18(8-14)27-10-26-17/h4-5,8-9H,6-7,10H2,1-3H3,(H,20,25)(H,21,22). The molecule has 8 heteroatoms. The first-order valence-corrected chi connectivity index (χ1v) is 8.77. The number of ether oxygens (including phenoxy) is 2. The number of carbonyl (C=O) groups excluding carboxylic acids is 1. The number of hydrogen-bond donors (Lipinski definition) is 2. The van der Waals surface area contributed by atoms with Crippen molar-refractivity contribution in [2.75, 3.05) is 13.3 Å². The Kier molecular flexibility index (Phi) is 4.31. The Balaban J connectivity index is 1.39. The Hall–Kier alpha value is -3.29. The van der Waals surface area contributed by atoms with E-state index < -0.39 is 0 Å². The van der Waals surface area contributed by atoms with E-state index in [1.165, 1.54) is 5.56 Å². The van der Waals surface area contributed by atoms with E-state index in [1.807, 2.05) is 36.7 Å². The molecule has 0 radical (unpaired) electrons. The molecule has 1 aliphatic rings. The fourth-order valence-corrected chi connectivity index (χ4v) is 3.02. The number of aryl methyl sites for hydroxylation is 1. The zero-order chi connectivity index (χ0) is 19.0. The van der Waals surface area contributed by atoms with Crippen LogP contribution in [-0.4, -0.2) is 39.2 Å². The van der Waals surface area contributed by atoms with Gasteiger partial charge in [-0.2, -0.15) is 10.2 Å². The fourth-order valence-electron chi connectivity index (χ4n) is 3.02. The van der Waals surface area contributed by atoms with E-state index in [9.17, 15) is 4.79 Å². The van der Waals surface area contributed by atoms with E-state index in [0.29, 0.717) is 36.0 Å². The van der Waals surface area contributed by atoms with E-state index in [0.717, 1.165) is 17.0 Å². The van der Waals surface area contributed by atoms with Gasteiger partial charge in [-0.25, -0.2) is 0 Å².